The minimum Gasteiger partial charge on any atom is -0.494 e. The number of ketones is 1. The Balaban J connectivity index is 1.42. The number of hydrogen-bond donors (Lipinski definition) is 0. The molecule has 1 amide bonds. The Morgan fingerprint density at radius 1 is 0.935 bits per heavy atom. The number of piperidine rings is 1. The van der Waals surface area contributed by atoms with Gasteiger partial charge in [0.25, 0.3) is 0 Å². The number of amides is 1. The maximum Gasteiger partial charge on any atom is 0.410 e. The Bertz CT molecular complexity index is 871. The zero-order chi connectivity index (χ0) is 22.3. The van der Waals surface area contributed by atoms with E-state index in [4.69, 9.17) is 21.1 Å². The van der Waals surface area contributed by atoms with E-state index >= 15 is 0 Å². The van der Waals surface area contributed by atoms with Gasteiger partial charge in [0.05, 0.1) is 6.61 Å². The van der Waals surface area contributed by atoms with Crippen LogP contribution >= 0.6 is 11.6 Å². The van der Waals surface area contributed by atoms with E-state index in [1.54, 1.807) is 53.4 Å². The highest BCUT2D eigenvalue weighted by atomic mass is 35.5. The molecule has 166 valence electrons. The van der Waals surface area contributed by atoms with Gasteiger partial charge in [-0.05, 0) is 94.5 Å². The summed E-state index contributed by atoms with van der Waals surface area (Å²) >= 11 is 5.88. The van der Waals surface area contributed by atoms with Crippen LogP contribution in [0.25, 0.3) is 0 Å². The molecular formula is C25H30ClNO4. The van der Waals surface area contributed by atoms with Gasteiger partial charge in [-0.3, -0.25) is 4.79 Å². The van der Waals surface area contributed by atoms with Crippen molar-refractivity contribution in [3.8, 4) is 5.75 Å². The molecule has 0 aliphatic carbocycles. The summed E-state index contributed by atoms with van der Waals surface area (Å²) in [6.45, 7) is 5.95. The molecule has 0 unspecified atom stereocenters. The molecule has 3 rings (SSSR count). The first-order valence-corrected chi connectivity index (χ1v) is 11.2. The molecule has 1 fully saturated rings. The smallest absolute Gasteiger partial charge is 0.410 e. The first-order chi connectivity index (χ1) is 14.8. The molecule has 0 N–H and O–H groups in total. The van der Waals surface area contributed by atoms with Gasteiger partial charge in [0, 0.05) is 29.2 Å². The molecule has 0 radical (unpaired) electrons. The molecule has 31 heavy (non-hydrogen) atoms. The lowest BCUT2D eigenvalue weighted by molar-refractivity contribution is 0.00275. The molecule has 0 spiro atoms. The average Bonchev–Trinajstić information content (AvgIpc) is 2.77. The fraction of sp³-hybridized carbons (Fsp3) is 0.440. The number of hydrogen-bond acceptors (Lipinski definition) is 4. The zero-order valence-corrected chi connectivity index (χ0v) is 19.0. The minimum absolute atomic E-state index is 0.0551. The molecule has 5 nitrogen and oxygen atoms in total. The molecule has 6 heteroatoms. The van der Waals surface area contributed by atoms with E-state index in [0.29, 0.717) is 34.9 Å². The Morgan fingerprint density at radius 3 is 2.13 bits per heavy atom. The molecule has 0 aromatic heterocycles. The molecular weight excluding hydrogens is 414 g/mol. The van der Waals surface area contributed by atoms with Gasteiger partial charge in [-0.2, -0.15) is 0 Å². The highest BCUT2D eigenvalue weighted by Gasteiger charge is 2.26. The van der Waals surface area contributed by atoms with Crippen LogP contribution in [-0.2, 0) is 4.74 Å². The quantitative estimate of drug-likeness (QED) is 0.363. The third-order valence-electron chi connectivity index (χ3n) is 5.39. The first-order valence-electron chi connectivity index (χ1n) is 10.9. The van der Waals surface area contributed by atoms with E-state index in [1.807, 2.05) is 13.8 Å². The topological polar surface area (TPSA) is 55.8 Å². The SMILES string of the molecule is CC(C)(CCCOc1ccc(C(=O)c2ccc(Cl)cc2)cc1)OC(=O)N1CCCCC1. The number of nitrogens with zero attached hydrogens (tertiary/aromatic N) is 1. The van der Waals surface area contributed by atoms with Gasteiger partial charge in [-0.15, -0.1) is 0 Å². The molecule has 1 aliphatic heterocycles. The number of benzene rings is 2. The van der Waals surface area contributed by atoms with Crippen molar-refractivity contribution in [3.63, 3.8) is 0 Å². The van der Waals surface area contributed by atoms with E-state index in [9.17, 15) is 9.59 Å². The lowest BCUT2D eigenvalue weighted by atomic mass is 10.0. The van der Waals surface area contributed by atoms with E-state index in [2.05, 4.69) is 0 Å². The molecule has 2 aromatic carbocycles. The number of carbonyl (C=O) groups excluding carboxylic acids is 2. The second-order valence-electron chi connectivity index (χ2n) is 8.49. The van der Waals surface area contributed by atoms with Crippen LogP contribution in [0.3, 0.4) is 0 Å². The summed E-state index contributed by atoms with van der Waals surface area (Å²) in [5.41, 5.74) is 0.659. The van der Waals surface area contributed by atoms with Crippen molar-refractivity contribution in [1.29, 1.82) is 0 Å². The number of rotatable bonds is 8. The van der Waals surface area contributed by atoms with Gasteiger partial charge in [0.2, 0.25) is 0 Å². The second kappa shape index (κ2) is 10.7. The van der Waals surface area contributed by atoms with Crippen molar-refractivity contribution in [1.82, 2.24) is 4.90 Å². The van der Waals surface area contributed by atoms with E-state index in [-0.39, 0.29) is 11.9 Å². The van der Waals surface area contributed by atoms with Crippen molar-refractivity contribution in [2.45, 2.75) is 51.6 Å². The lowest BCUT2D eigenvalue weighted by Crippen LogP contribution is -2.40. The summed E-state index contributed by atoms with van der Waals surface area (Å²) in [5.74, 6) is 0.649. The van der Waals surface area contributed by atoms with Gasteiger partial charge in [0.1, 0.15) is 11.4 Å². The Labute approximate surface area is 189 Å². The second-order valence-corrected chi connectivity index (χ2v) is 8.92. The van der Waals surface area contributed by atoms with Crippen molar-refractivity contribution in [3.05, 3.63) is 64.7 Å². The van der Waals surface area contributed by atoms with E-state index in [1.165, 1.54) is 6.42 Å². The average molecular weight is 444 g/mol. The summed E-state index contributed by atoms with van der Waals surface area (Å²) in [4.78, 5) is 26.6. The minimum atomic E-state index is -0.535. The fourth-order valence-corrected chi connectivity index (χ4v) is 3.71. The maximum absolute atomic E-state index is 12.5. The highest BCUT2D eigenvalue weighted by Crippen LogP contribution is 2.21. The van der Waals surface area contributed by atoms with Crippen LogP contribution < -0.4 is 4.74 Å². The number of likely N-dealkylation sites (tertiary alicyclic amines) is 1. The van der Waals surface area contributed by atoms with Crippen LogP contribution in [0.2, 0.25) is 5.02 Å². The van der Waals surface area contributed by atoms with Gasteiger partial charge in [0.15, 0.2) is 5.78 Å². The van der Waals surface area contributed by atoms with Crippen molar-refractivity contribution in [2.75, 3.05) is 19.7 Å². The standard InChI is InChI=1S/C25H30ClNO4/c1-25(2,31-24(29)27-16-4-3-5-17-27)15-6-18-30-22-13-9-20(10-14-22)23(28)19-7-11-21(26)12-8-19/h7-14H,3-6,15-18H2,1-2H3. The zero-order valence-electron chi connectivity index (χ0n) is 18.2. The summed E-state index contributed by atoms with van der Waals surface area (Å²) in [5, 5.41) is 0.602. The van der Waals surface area contributed by atoms with Gasteiger partial charge in [-0.1, -0.05) is 11.6 Å². The number of halogens is 1. The molecule has 0 bridgehead atoms. The predicted octanol–water partition coefficient (Wildman–Crippen LogP) is 6.13. The van der Waals surface area contributed by atoms with Crippen molar-refractivity contribution in [2.24, 2.45) is 0 Å². The van der Waals surface area contributed by atoms with Crippen LogP contribution in [0.1, 0.15) is 61.9 Å². The van der Waals surface area contributed by atoms with Crippen molar-refractivity contribution >= 4 is 23.5 Å². The summed E-state index contributed by atoms with van der Waals surface area (Å²) in [7, 11) is 0. The highest BCUT2D eigenvalue weighted by molar-refractivity contribution is 6.30. The summed E-state index contributed by atoms with van der Waals surface area (Å²) < 4.78 is 11.5. The van der Waals surface area contributed by atoms with Gasteiger partial charge in [-0.25, -0.2) is 4.79 Å². The van der Waals surface area contributed by atoms with Crippen LogP contribution in [0, 0.1) is 0 Å². The van der Waals surface area contributed by atoms with Gasteiger partial charge < -0.3 is 14.4 Å². The lowest BCUT2D eigenvalue weighted by Gasteiger charge is -2.31. The van der Waals surface area contributed by atoms with E-state index in [0.717, 1.165) is 32.4 Å². The molecule has 1 heterocycles. The summed E-state index contributed by atoms with van der Waals surface area (Å²) in [6.07, 6.45) is 4.53. The van der Waals surface area contributed by atoms with Crippen LogP contribution in [-0.4, -0.2) is 42.1 Å². The van der Waals surface area contributed by atoms with Crippen LogP contribution in [0.4, 0.5) is 4.79 Å². The normalized spacial score (nSPS) is 14.2. The Kier molecular flexibility index (Phi) is 7.97. The number of ether oxygens (including phenoxy) is 2. The molecule has 0 saturated carbocycles. The van der Waals surface area contributed by atoms with Crippen molar-refractivity contribution < 1.29 is 19.1 Å². The molecule has 1 saturated heterocycles. The third kappa shape index (κ3) is 7.00. The third-order valence-corrected chi connectivity index (χ3v) is 5.64. The Hall–Kier alpha value is -2.53. The molecule has 1 aliphatic rings. The largest absolute Gasteiger partial charge is 0.494 e. The van der Waals surface area contributed by atoms with E-state index < -0.39 is 5.60 Å². The molecule has 0 atom stereocenters. The summed E-state index contributed by atoms with van der Waals surface area (Å²) in [6, 6.07) is 14.0. The fourth-order valence-electron chi connectivity index (χ4n) is 3.59. The maximum atomic E-state index is 12.5. The Morgan fingerprint density at radius 2 is 1.52 bits per heavy atom. The first kappa shape index (κ1) is 23.1. The molecule has 2 aromatic rings. The van der Waals surface area contributed by atoms with Crippen LogP contribution in [0.5, 0.6) is 5.75 Å². The monoisotopic (exact) mass is 443 g/mol. The predicted molar refractivity (Wildman–Crippen MR) is 122 cm³/mol. The van der Waals surface area contributed by atoms with Crippen LogP contribution in [0.15, 0.2) is 48.5 Å². The number of carbonyl (C=O) groups is 2. The van der Waals surface area contributed by atoms with Gasteiger partial charge >= 0.3 is 6.09 Å².